The van der Waals surface area contributed by atoms with Gasteiger partial charge in [0.1, 0.15) is 0 Å². The number of hydrogen-bond donors (Lipinski definition) is 0. The molecule has 1 heterocycles. The van der Waals surface area contributed by atoms with Crippen molar-refractivity contribution >= 4 is 0 Å². The molecule has 0 aromatic carbocycles. The van der Waals surface area contributed by atoms with E-state index >= 15 is 0 Å². The Hall–Kier alpha value is -0.560. The monoisotopic (exact) mass is 178 g/mol. The predicted octanol–water partition coefficient (Wildman–Crippen LogP) is 3.22. The van der Waals surface area contributed by atoms with Crippen LogP contribution >= 0.6 is 0 Å². The molecule has 1 nitrogen and oxygen atoms in total. The fourth-order valence-electron chi connectivity index (χ4n) is 2.65. The molecule has 0 unspecified atom stereocenters. The van der Waals surface area contributed by atoms with Crippen molar-refractivity contribution in [1.29, 1.82) is 0 Å². The lowest BCUT2D eigenvalue weighted by molar-refractivity contribution is -0.00862. The van der Waals surface area contributed by atoms with Crippen molar-refractivity contribution in [3.63, 3.8) is 0 Å². The van der Waals surface area contributed by atoms with Crippen molar-refractivity contribution in [2.75, 3.05) is 6.61 Å². The Kier molecular flexibility index (Phi) is 2.29. The van der Waals surface area contributed by atoms with Gasteiger partial charge in [-0.15, -0.1) is 0 Å². The summed E-state index contributed by atoms with van der Waals surface area (Å²) in [6.07, 6.45) is 8.61. The second-order valence-electron chi connectivity index (χ2n) is 4.26. The second-order valence-corrected chi connectivity index (χ2v) is 4.26. The highest BCUT2D eigenvalue weighted by molar-refractivity contribution is 5.38. The summed E-state index contributed by atoms with van der Waals surface area (Å²) >= 11 is 0. The smallest absolute Gasteiger partial charge is 0.0935 e. The average Bonchev–Trinajstić information content (AvgIpc) is 2.50. The van der Waals surface area contributed by atoms with Gasteiger partial charge in [-0.2, -0.15) is 0 Å². The van der Waals surface area contributed by atoms with E-state index in [1.54, 1.807) is 0 Å². The van der Waals surface area contributed by atoms with E-state index in [0.29, 0.717) is 0 Å². The molecule has 2 rings (SSSR count). The maximum absolute atomic E-state index is 5.90. The van der Waals surface area contributed by atoms with Gasteiger partial charge >= 0.3 is 0 Å². The molecule has 2 aliphatic rings. The van der Waals surface area contributed by atoms with Crippen molar-refractivity contribution in [2.45, 2.75) is 44.6 Å². The molecule has 1 spiro atoms. The zero-order chi connectivity index (χ0) is 9.31. The topological polar surface area (TPSA) is 9.23 Å². The van der Waals surface area contributed by atoms with Crippen LogP contribution in [0.4, 0.5) is 0 Å². The van der Waals surface area contributed by atoms with Crippen LogP contribution in [-0.2, 0) is 4.74 Å². The lowest BCUT2D eigenvalue weighted by Gasteiger charge is -2.35. The Balaban J connectivity index is 2.21. The van der Waals surface area contributed by atoms with Gasteiger partial charge in [-0.3, -0.25) is 0 Å². The van der Waals surface area contributed by atoms with Crippen molar-refractivity contribution in [2.24, 2.45) is 0 Å². The fraction of sp³-hybridized carbons (Fsp3) is 0.667. The minimum Gasteiger partial charge on any atom is -0.366 e. The Bertz CT molecular complexity index is 244. The van der Waals surface area contributed by atoms with Gasteiger partial charge in [-0.25, -0.2) is 0 Å². The Morgan fingerprint density at radius 2 is 2.08 bits per heavy atom. The third kappa shape index (κ3) is 1.46. The lowest BCUT2D eigenvalue weighted by atomic mass is 9.78. The minimum atomic E-state index is 0.0735. The van der Waals surface area contributed by atoms with E-state index in [9.17, 15) is 0 Å². The highest BCUT2D eigenvalue weighted by Crippen LogP contribution is 2.42. The molecule has 0 atom stereocenters. The first-order chi connectivity index (χ1) is 6.25. The zero-order valence-corrected chi connectivity index (χ0v) is 8.44. The molecule has 1 aliphatic carbocycles. The van der Waals surface area contributed by atoms with Gasteiger partial charge < -0.3 is 4.74 Å². The van der Waals surface area contributed by atoms with Crippen LogP contribution in [0.2, 0.25) is 0 Å². The maximum atomic E-state index is 5.90. The van der Waals surface area contributed by atoms with Gasteiger partial charge in [0.25, 0.3) is 0 Å². The van der Waals surface area contributed by atoms with E-state index in [0.717, 1.165) is 6.61 Å². The summed E-state index contributed by atoms with van der Waals surface area (Å²) in [4.78, 5) is 0. The molecular formula is C12H18O. The number of hydrogen-bond acceptors (Lipinski definition) is 1. The highest BCUT2D eigenvalue weighted by atomic mass is 16.5. The SMILES string of the molecule is C=C(C)C1=CCOC12CCCCC2. The van der Waals surface area contributed by atoms with Crippen LogP contribution in [0.3, 0.4) is 0 Å². The molecule has 1 aliphatic heterocycles. The maximum Gasteiger partial charge on any atom is 0.0935 e. The molecule has 0 aromatic heterocycles. The van der Waals surface area contributed by atoms with Crippen molar-refractivity contribution < 1.29 is 4.74 Å². The summed E-state index contributed by atoms with van der Waals surface area (Å²) in [6.45, 7) is 6.93. The molecule has 1 saturated carbocycles. The minimum absolute atomic E-state index is 0.0735. The number of rotatable bonds is 1. The van der Waals surface area contributed by atoms with E-state index in [4.69, 9.17) is 4.74 Å². The summed E-state index contributed by atoms with van der Waals surface area (Å²) in [5.74, 6) is 0. The summed E-state index contributed by atoms with van der Waals surface area (Å²) < 4.78 is 5.90. The molecule has 13 heavy (non-hydrogen) atoms. The van der Waals surface area contributed by atoms with Crippen molar-refractivity contribution in [1.82, 2.24) is 0 Å². The average molecular weight is 178 g/mol. The molecule has 0 aromatic rings. The third-order valence-electron chi connectivity index (χ3n) is 3.26. The Morgan fingerprint density at radius 3 is 2.69 bits per heavy atom. The summed E-state index contributed by atoms with van der Waals surface area (Å²) in [6, 6.07) is 0. The molecule has 72 valence electrons. The third-order valence-corrected chi connectivity index (χ3v) is 3.26. The van der Waals surface area contributed by atoms with Gasteiger partial charge in [-0.1, -0.05) is 37.5 Å². The quantitative estimate of drug-likeness (QED) is 0.599. The summed E-state index contributed by atoms with van der Waals surface area (Å²) in [7, 11) is 0. The molecule has 1 heteroatoms. The zero-order valence-electron chi connectivity index (χ0n) is 8.44. The van der Waals surface area contributed by atoms with E-state index in [2.05, 4.69) is 19.6 Å². The van der Waals surface area contributed by atoms with E-state index in [1.165, 1.54) is 43.3 Å². The van der Waals surface area contributed by atoms with Crippen LogP contribution in [0.15, 0.2) is 23.8 Å². The summed E-state index contributed by atoms with van der Waals surface area (Å²) in [5, 5.41) is 0. The highest BCUT2D eigenvalue weighted by Gasteiger charge is 2.39. The molecule has 0 radical (unpaired) electrons. The van der Waals surface area contributed by atoms with Crippen molar-refractivity contribution in [3.8, 4) is 0 Å². The van der Waals surface area contributed by atoms with E-state index < -0.39 is 0 Å². The van der Waals surface area contributed by atoms with Crippen molar-refractivity contribution in [3.05, 3.63) is 23.8 Å². The van der Waals surface area contributed by atoms with E-state index in [-0.39, 0.29) is 5.60 Å². The molecular weight excluding hydrogens is 160 g/mol. The first-order valence-corrected chi connectivity index (χ1v) is 5.25. The van der Waals surface area contributed by atoms with Gasteiger partial charge in [0.15, 0.2) is 0 Å². The van der Waals surface area contributed by atoms with Crippen LogP contribution in [0.1, 0.15) is 39.0 Å². The van der Waals surface area contributed by atoms with E-state index in [1.807, 2.05) is 0 Å². The first-order valence-electron chi connectivity index (χ1n) is 5.25. The molecule has 0 amide bonds. The molecule has 1 fully saturated rings. The Labute approximate surface area is 80.5 Å². The van der Waals surface area contributed by atoms with Crippen LogP contribution in [0.25, 0.3) is 0 Å². The van der Waals surface area contributed by atoms with Gasteiger partial charge in [0, 0.05) is 0 Å². The first kappa shape index (κ1) is 9.01. The molecule has 0 N–H and O–H groups in total. The van der Waals surface area contributed by atoms with Gasteiger partial charge in [-0.05, 0) is 25.3 Å². The standard InChI is InChI=1S/C12H18O/c1-10(2)11-6-9-13-12(11)7-4-3-5-8-12/h6H,1,3-5,7-9H2,2H3. The predicted molar refractivity (Wildman–Crippen MR) is 54.7 cm³/mol. The molecule has 0 saturated heterocycles. The number of ether oxygens (including phenoxy) is 1. The van der Waals surface area contributed by atoms with Crippen LogP contribution in [-0.4, -0.2) is 12.2 Å². The second kappa shape index (κ2) is 3.30. The molecule has 0 bridgehead atoms. The Morgan fingerprint density at radius 1 is 1.38 bits per heavy atom. The van der Waals surface area contributed by atoms with Gasteiger partial charge in [0.2, 0.25) is 0 Å². The normalized spacial score (nSPS) is 26.1. The van der Waals surface area contributed by atoms with Crippen LogP contribution in [0, 0.1) is 0 Å². The largest absolute Gasteiger partial charge is 0.366 e. The van der Waals surface area contributed by atoms with Gasteiger partial charge in [0.05, 0.1) is 12.2 Å². The lowest BCUT2D eigenvalue weighted by Crippen LogP contribution is -2.34. The van der Waals surface area contributed by atoms with Crippen LogP contribution in [0.5, 0.6) is 0 Å². The fourth-order valence-corrected chi connectivity index (χ4v) is 2.65. The van der Waals surface area contributed by atoms with Crippen LogP contribution < -0.4 is 0 Å². The summed E-state index contributed by atoms with van der Waals surface area (Å²) in [5.41, 5.74) is 2.65.